The second kappa shape index (κ2) is 6.74. The molecule has 26 heavy (non-hydrogen) atoms. The Bertz CT molecular complexity index is 766. The first kappa shape index (κ1) is 18.4. The van der Waals surface area contributed by atoms with Crippen LogP contribution in [0.15, 0.2) is 12.1 Å². The van der Waals surface area contributed by atoms with Crippen LogP contribution in [0, 0.1) is 20.8 Å². The third-order valence-corrected chi connectivity index (χ3v) is 5.73. The van der Waals surface area contributed by atoms with E-state index in [9.17, 15) is 14.4 Å². The Balaban J connectivity index is 1.66. The first-order chi connectivity index (χ1) is 12.2. The minimum atomic E-state index is -0.770. The number of nitrogens with one attached hydrogen (secondary N) is 2. The molecule has 4 amide bonds. The quantitative estimate of drug-likeness (QED) is 0.813. The van der Waals surface area contributed by atoms with Crippen LogP contribution in [0.2, 0.25) is 0 Å². The Morgan fingerprint density at radius 3 is 2.42 bits per heavy atom. The van der Waals surface area contributed by atoms with Gasteiger partial charge in [0, 0.05) is 0 Å². The topological polar surface area (TPSA) is 78.5 Å². The normalized spacial score (nSPS) is 19.8. The molecule has 1 saturated carbocycles. The number of aryl methyl sites for hydroxylation is 3. The fourth-order valence-electron chi connectivity index (χ4n) is 4.10. The van der Waals surface area contributed by atoms with Crippen LogP contribution in [0.1, 0.15) is 60.9 Å². The summed E-state index contributed by atoms with van der Waals surface area (Å²) in [6, 6.07) is 3.54. The predicted molar refractivity (Wildman–Crippen MR) is 98.7 cm³/mol. The van der Waals surface area contributed by atoms with Crippen molar-refractivity contribution in [1.82, 2.24) is 15.5 Å². The van der Waals surface area contributed by atoms with E-state index >= 15 is 0 Å². The van der Waals surface area contributed by atoms with Crippen LogP contribution in [0.3, 0.4) is 0 Å². The summed E-state index contributed by atoms with van der Waals surface area (Å²) in [6.45, 7) is 7.80. The van der Waals surface area contributed by atoms with Crippen molar-refractivity contribution in [2.45, 2.75) is 65.0 Å². The molecule has 140 valence electrons. The van der Waals surface area contributed by atoms with Gasteiger partial charge in [0.25, 0.3) is 5.91 Å². The van der Waals surface area contributed by atoms with E-state index in [1.807, 2.05) is 20.8 Å². The molecule has 0 unspecified atom stereocenters. The molecule has 1 saturated heterocycles. The molecule has 2 fully saturated rings. The Hall–Kier alpha value is -2.37. The molecule has 0 aromatic heterocycles. The van der Waals surface area contributed by atoms with E-state index < -0.39 is 11.6 Å². The molecule has 1 heterocycles. The lowest BCUT2D eigenvalue weighted by atomic mass is 9.96. The van der Waals surface area contributed by atoms with Crippen molar-refractivity contribution in [3.8, 4) is 0 Å². The number of amides is 4. The van der Waals surface area contributed by atoms with Gasteiger partial charge in [-0.05, 0) is 62.8 Å². The second-order valence-corrected chi connectivity index (χ2v) is 7.69. The van der Waals surface area contributed by atoms with Gasteiger partial charge in [-0.15, -0.1) is 0 Å². The minimum absolute atomic E-state index is 0.192. The van der Waals surface area contributed by atoms with E-state index in [4.69, 9.17) is 0 Å². The third kappa shape index (κ3) is 3.20. The lowest BCUT2D eigenvalue weighted by molar-refractivity contribution is -0.135. The molecule has 0 bridgehead atoms. The van der Waals surface area contributed by atoms with Crippen molar-refractivity contribution in [1.29, 1.82) is 0 Å². The number of hydrogen-bond donors (Lipinski definition) is 2. The van der Waals surface area contributed by atoms with Crippen LogP contribution >= 0.6 is 0 Å². The molecule has 1 aliphatic heterocycles. The van der Waals surface area contributed by atoms with E-state index in [1.165, 1.54) is 11.1 Å². The second-order valence-electron chi connectivity index (χ2n) is 7.69. The molecule has 6 nitrogen and oxygen atoms in total. The molecule has 1 spiro atoms. The zero-order chi connectivity index (χ0) is 19.1. The van der Waals surface area contributed by atoms with Gasteiger partial charge in [-0.2, -0.15) is 0 Å². The molecule has 2 aliphatic rings. The van der Waals surface area contributed by atoms with Crippen molar-refractivity contribution >= 4 is 17.8 Å². The molecule has 1 aromatic rings. The zero-order valence-electron chi connectivity index (χ0n) is 15.9. The monoisotopic (exact) mass is 357 g/mol. The summed E-state index contributed by atoms with van der Waals surface area (Å²) < 4.78 is 0. The van der Waals surface area contributed by atoms with Crippen LogP contribution in [0.25, 0.3) is 0 Å². The maximum atomic E-state index is 12.6. The highest BCUT2D eigenvalue weighted by molar-refractivity contribution is 6.09. The number of nitrogens with zero attached hydrogens (tertiary/aromatic N) is 1. The molecule has 1 aromatic carbocycles. The fourth-order valence-corrected chi connectivity index (χ4v) is 4.10. The number of carbonyl (C=O) groups excluding carboxylic acids is 3. The number of carbonyl (C=O) groups is 3. The van der Waals surface area contributed by atoms with Gasteiger partial charge < -0.3 is 10.6 Å². The van der Waals surface area contributed by atoms with Crippen LogP contribution in [-0.2, 0) is 9.59 Å². The highest BCUT2D eigenvalue weighted by atomic mass is 16.2. The average Bonchev–Trinajstić information content (AvgIpc) is 3.12. The van der Waals surface area contributed by atoms with Gasteiger partial charge in [0.1, 0.15) is 12.1 Å². The van der Waals surface area contributed by atoms with E-state index in [-0.39, 0.29) is 24.4 Å². The first-order valence-electron chi connectivity index (χ1n) is 9.25. The van der Waals surface area contributed by atoms with Gasteiger partial charge >= 0.3 is 6.03 Å². The lowest BCUT2D eigenvalue weighted by Crippen LogP contribution is -2.45. The van der Waals surface area contributed by atoms with Crippen molar-refractivity contribution in [3.05, 3.63) is 34.4 Å². The number of rotatable bonds is 4. The van der Waals surface area contributed by atoms with Crippen LogP contribution in [0.4, 0.5) is 4.79 Å². The fraction of sp³-hybridized carbons (Fsp3) is 0.550. The highest BCUT2D eigenvalue weighted by Gasteiger charge is 2.52. The van der Waals surface area contributed by atoms with Gasteiger partial charge in [-0.3, -0.25) is 14.5 Å². The summed E-state index contributed by atoms with van der Waals surface area (Å²) >= 11 is 0. The molecule has 0 radical (unpaired) electrons. The zero-order valence-corrected chi connectivity index (χ0v) is 15.9. The lowest BCUT2D eigenvalue weighted by Gasteiger charge is -2.21. The maximum Gasteiger partial charge on any atom is 0.325 e. The number of benzene rings is 1. The summed E-state index contributed by atoms with van der Waals surface area (Å²) in [4.78, 5) is 38.3. The van der Waals surface area contributed by atoms with E-state index in [1.54, 1.807) is 0 Å². The van der Waals surface area contributed by atoms with Crippen molar-refractivity contribution < 1.29 is 14.4 Å². The van der Waals surface area contributed by atoms with Gasteiger partial charge in [-0.1, -0.05) is 25.0 Å². The summed E-state index contributed by atoms with van der Waals surface area (Å²) in [5.41, 5.74) is 3.77. The highest BCUT2D eigenvalue weighted by Crippen LogP contribution is 2.34. The number of urea groups is 1. The largest absolute Gasteiger partial charge is 0.348 e. The smallest absolute Gasteiger partial charge is 0.325 e. The summed E-state index contributed by atoms with van der Waals surface area (Å²) in [6.07, 6.45) is 3.17. The molecule has 6 heteroatoms. The molecular weight excluding hydrogens is 330 g/mol. The van der Waals surface area contributed by atoms with Crippen molar-refractivity contribution in [2.75, 3.05) is 6.54 Å². The Morgan fingerprint density at radius 2 is 1.77 bits per heavy atom. The molecular formula is C20H27N3O3. The van der Waals surface area contributed by atoms with Crippen LogP contribution in [-0.4, -0.2) is 34.8 Å². The summed E-state index contributed by atoms with van der Waals surface area (Å²) in [5, 5.41) is 5.72. The average molecular weight is 357 g/mol. The minimum Gasteiger partial charge on any atom is -0.348 e. The Morgan fingerprint density at radius 1 is 1.15 bits per heavy atom. The van der Waals surface area contributed by atoms with Gasteiger partial charge in [0.15, 0.2) is 0 Å². The van der Waals surface area contributed by atoms with Crippen LogP contribution < -0.4 is 10.6 Å². The van der Waals surface area contributed by atoms with E-state index in [2.05, 4.69) is 29.7 Å². The summed E-state index contributed by atoms with van der Waals surface area (Å²) in [5.74, 6) is -0.584. The van der Waals surface area contributed by atoms with Gasteiger partial charge in [-0.25, -0.2) is 4.79 Å². The SMILES string of the molecule is Cc1cc(C)c([C@H](C)NC(=O)CN2C(=O)NC3(CCCC3)C2=O)cc1C. The number of hydrogen-bond acceptors (Lipinski definition) is 3. The van der Waals surface area contributed by atoms with Crippen molar-refractivity contribution in [3.63, 3.8) is 0 Å². The molecule has 3 rings (SSSR count). The summed E-state index contributed by atoms with van der Waals surface area (Å²) in [7, 11) is 0. The van der Waals surface area contributed by atoms with Gasteiger partial charge in [0.05, 0.1) is 6.04 Å². The Labute approximate surface area is 154 Å². The Kier molecular flexibility index (Phi) is 4.78. The first-order valence-corrected chi connectivity index (χ1v) is 9.25. The van der Waals surface area contributed by atoms with E-state index in [0.29, 0.717) is 12.8 Å². The number of imide groups is 1. The molecule has 1 atom stereocenters. The third-order valence-electron chi connectivity index (χ3n) is 5.73. The molecule has 2 N–H and O–H groups in total. The maximum absolute atomic E-state index is 12.6. The molecule has 1 aliphatic carbocycles. The standard InChI is InChI=1S/C20H27N3O3/c1-12-9-14(3)16(10-13(12)2)15(4)21-17(24)11-23-18(25)20(22-19(23)26)7-5-6-8-20/h9-10,15H,5-8,11H2,1-4H3,(H,21,24)(H,22,26)/t15-/m0/s1. The van der Waals surface area contributed by atoms with E-state index in [0.717, 1.165) is 28.9 Å². The predicted octanol–water partition coefficient (Wildman–Crippen LogP) is 2.65. The van der Waals surface area contributed by atoms with Crippen LogP contribution in [0.5, 0.6) is 0 Å². The van der Waals surface area contributed by atoms with Crippen molar-refractivity contribution in [2.24, 2.45) is 0 Å². The van der Waals surface area contributed by atoms with Gasteiger partial charge in [0.2, 0.25) is 5.91 Å².